The van der Waals surface area contributed by atoms with Crippen molar-refractivity contribution in [3.8, 4) is 0 Å². The molecule has 3 aromatic rings. The first kappa shape index (κ1) is 20.0. The molecule has 0 aliphatic rings. The highest BCUT2D eigenvalue weighted by atomic mass is 16.2. The maximum atomic E-state index is 12.3. The Labute approximate surface area is 168 Å². The second-order valence-electron chi connectivity index (χ2n) is 6.76. The molecule has 1 heterocycles. The number of fused-ring (bicyclic) bond motifs is 1. The first-order valence-corrected chi connectivity index (χ1v) is 9.21. The lowest BCUT2D eigenvalue weighted by Crippen LogP contribution is -2.43. The number of hydrogen-bond acceptors (Lipinski definition) is 4. The minimum absolute atomic E-state index is 0.0198. The smallest absolute Gasteiger partial charge is 0.288 e. The van der Waals surface area contributed by atoms with Gasteiger partial charge in [-0.3, -0.25) is 25.2 Å². The SMILES string of the molecule is CC(=O)NC(CC(=O)NNC(=O)c1ccc2ccccc2n1)c1ccc(C)cc1. The molecule has 1 atom stereocenters. The van der Waals surface area contributed by atoms with Crippen molar-refractivity contribution < 1.29 is 14.4 Å². The highest BCUT2D eigenvalue weighted by Crippen LogP contribution is 2.17. The predicted octanol–water partition coefficient (Wildman–Crippen LogP) is 2.57. The summed E-state index contributed by atoms with van der Waals surface area (Å²) in [6.07, 6.45) is -0.0198. The minimum Gasteiger partial charge on any atom is -0.349 e. The van der Waals surface area contributed by atoms with Gasteiger partial charge in [0, 0.05) is 12.3 Å². The quantitative estimate of drug-likeness (QED) is 0.583. The number of pyridine rings is 1. The van der Waals surface area contributed by atoms with Gasteiger partial charge in [-0.1, -0.05) is 54.1 Å². The highest BCUT2D eigenvalue weighted by molar-refractivity contribution is 5.96. The number of hydrazine groups is 1. The van der Waals surface area contributed by atoms with Crippen molar-refractivity contribution in [2.45, 2.75) is 26.3 Å². The van der Waals surface area contributed by atoms with Crippen LogP contribution in [0, 0.1) is 6.92 Å². The van der Waals surface area contributed by atoms with Crippen LogP contribution in [0.3, 0.4) is 0 Å². The van der Waals surface area contributed by atoms with Gasteiger partial charge in [-0.2, -0.15) is 0 Å². The first-order valence-electron chi connectivity index (χ1n) is 9.21. The molecule has 7 heteroatoms. The molecule has 0 bridgehead atoms. The maximum Gasteiger partial charge on any atom is 0.288 e. The van der Waals surface area contributed by atoms with Crippen molar-refractivity contribution in [1.29, 1.82) is 0 Å². The molecule has 29 heavy (non-hydrogen) atoms. The Morgan fingerprint density at radius 2 is 1.66 bits per heavy atom. The van der Waals surface area contributed by atoms with E-state index in [1.165, 1.54) is 6.92 Å². The van der Waals surface area contributed by atoms with E-state index >= 15 is 0 Å². The van der Waals surface area contributed by atoms with Crippen LogP contribution in [-0.4, -0.2) is 22.7 Å². The molecule has 7 nitrogen and oxygen atoms in total. The summed E-state index contributed by atoms with van der Waals surface area (Å²) >= 11 is 0. The normalized spacial score (nSPS) is 11.5. The van der Waals surface area contributed by atoms with E-state index in [-0.39, 0.29) is 18.0 Å². The first-order chi connectivity index (χ1) is 13.9. The van der Waals surface area contributed by atoms with Crippen LogP contribution in [0.5, 0.6) is 0 Å². The van der Waals surface area contributed by atoms with Gasteiger partial charge in [-0.15, -0.1) is 0 Å². The van der Waals surface area contributed by atoms with E-state index in [1.54, 1.807) is 12.1 Å². The van der Waals surface area contributed by atoms with Crippen LogP contribution < -0.4 is 16.2 Å². The van der Waals surface area contributed by atoms with Crippen LogP contribution in [-0.2, 0) is 9.59 Å². The molecule has 3 N–H and O–H groups in total. The van der Waals surface area contributed by atoms with Crippen molar-refractivity contribution in [2.75, 3.05) is 0 Å². The number of carbonyl (C=O) groups excluding carboxylic acids is 3. The van der Waals surface area contributed by atoms with E-state index in [1.807, 2.05) is 55.5 Å². The average Bonchev–Trinajstić information content (AvgIpc) is 2.71. The number of amides is 3. The Bertz CT molecular complexity index is 1050. The number of benzene rings is 2. The predicted molar refractivity (Wildman–Crippen MR) is 110 cm³/mol. The Morgan fingerprint density at radius 3 is 2.38 bits per heavy atom. The van der Waals surface area contributed by atoms with Gasteiger partial charge in [0.1, 0.15) is 5.69 Å². The van der Waals surface area contributed by atoms with Crippen molar-refractivity contribution in [3.63, 3.8) is 0 Å². The molecule has 0 aliphatic carbocycles. The van der Waals surface area contributed by atoms with Gasteiger partial charge in [-0.25, -0.2) is 4.98 Å². The van der Waals surface area contributed by atoms with E-state index in [4.69, 9.17) is 0 Å². The summed E-state index contributed by atoms with van der Waals surface area (Å²) in [7, 11) is 0. The Hall–Kier alpha value is -3.74. The molecule has 148 valence electrons. The van der Waals surface area contributed by atoms with Crippen LogP contribution in [0.25, 0.3) is 10.9 Å². The second-order valence-corrected chi connectivity index (χ2v) is 6.76. The number of aromatic nitrogens is 1. The summed E-state index contributed by atoms with van der Waals surface area (Å²) in [5.41, 5.74) is 7.53. The topological polar surface area (TPSA) is 100 Å². The number of aryl methyl sites for hydroxylation is 1. The molecule has 0 aliphatic heterocycles. The van der Waals surface area contributed by atoms with Crippen LogP contribution >= 0.6 is 0 Å². The van der Waals surface area contributed by atoms with E-state index in [0.717, 1.165) is 16.5 Å². The lowest BCUT2D eigenvalue weighted by molar-refractivity contribution is -0.123. The molecule has 0 saturated heterocycles. The number of hydrogen-bond donors (Lipinski definition) is 3. The Balaban J connectivity index is 1.62. The summed E-state index contributed by atoms with van der Waals surface area (Å²) < 4.78 is 0. The number of carbonyl (C=O) groups is 3. The lowest BCUT2D eigenvalue weighted by atomic mass is 10.0. The Morgan fingerprint density at radius 1 is 0.931 bits per heavy atom. The second kappa shape index (κ2) is 8.97. The summed E-state index contributed by atoms with van der Waals surface area (Å²) in [5, 5.41) is 3.68. The summed E-state index contributed by atoms with van der Waals surface area (Å²) in [6, 6.07) is 17.9. The fraction of sp³-hybridized carbons (Fsp3) is 0.182. The zero-order valence-corrected chi connectivity index (χ0v) is 16.2. The summed E-state index contributed by atoms with van der Waals surface area (Å²) in [5.74, 6) is -1.19. The molecular formula is C22H22N4O3. The van der Waals surface area contributed by atoms with Gasteiger partial charge in [0.25, 0.3) is 5.91 Å². The third kappa shape index (κ3) is 5.38. The average molecular weight is 390 g/mol. The van der Waals surface area contributed by atoms with Gasteiger partial charge in [0.2, 0.25) is 11.8 Å². The fourth-order valence-corrected chi connectivity index (χ4v) is 2.92. The molecule has 1 aromatic heterocycles. The minimum atomic E-state index is -0.518. The van der Waals surface area contributed by atoms with Crippen molar-refractivity contribution >= 4 is 28.6 Å². The molecule has 2 aromatic carbocycles. The molecular weight excluding hydrogens is 368 g/mol. The third-order valence-electron chi connectivity index (χ3n) is 4.39. The van der Waals surface area contributed by atoms with Crippen molar-refractivity contribution in [2.24, 2.45) is 0 Å². The maximum absolute atomic E-state index is 12.3. The van der Waals surface area contributed by atoms with Gasteiger partial charge in [0.05, 0.1) is 18.0 Å². The van der Waals surface area contributed by atoms with Gasteiger partial charge < -0.3 is 5.32 Å². The zero-order valence-electron chi connectivity index (χ0n) is 16.2. The van der Waals surface area contributed by atoms with Crippen LogP contribution in [0.1, 0.15) is 41.0 Å². The molecule has 0 fully saturated rings. The Kier molecular flexibility index (Phi) is 6.19. The lowest BCUT2D eigenvalue weighted by Gasteiger charge is -2.18. The molecule has 3 rings (SSSR count). The van der Waals surface area contributed by atoms with Crippen LogP contribution in [0.2, 0.25) is 0 Å². The van der Waals surface area contributed by atoms with Gasteiger partial charge >= 0.3 is 0 Å². The van der Waals surface area contributed by atoms with Crippen molar-refractivity contribution in [1.82, 2.24) is 21.2 Å². The summed E-state index contributed by atoms with van der Waals surface area (Å²) in [6.45, 7) is 3.35. The third-order valence-corrected chi connectivity index (χ3v) is 4.39. The van der Waals surface area contributed by atoms with E-state index in [9.17, 15) is 14.4 Å². The van der Waals surface area contributed by atoms with Crippen LogP contribution in [0.15, 0.2) is 60.7 Å². The monoisotopic (exact) mass is 390 g/mol. The number of para-hydroxylation sites is 1. The largest absolute Gasteiger partial charge is 0.349 e. The fourth-order valence-electron chi connectivity index (χ4n) is 2.92. The van der Waals surface area contributed by atoms with Gasteiger partial charge in [0.15, 0.2) is 0 Å². The molecule has 0 radical (unpaired) electrons. The molecule has 1 unspecified atom stereocenters. The van der Waals surface area contributed by atoms with E-state index in [0.29, 0.717) is 5.52 Å². The standard InChI is InChI=1S/C22H22N4O3/c1-14-7-9-17(10-8-14)20(23-15(2)27)13-21(28)25-26-22(29)19-12-11-16-5-3-4-6-18(16)24-19/h3-12,20H,13H2,1-2H3,(H,23,27)(H,25,28)(H,26,29). The highest BCUT2D eigenvalue weighted by Gasteiger charge is 2.18. The number of nitrogens with zero attached hydrogens (tertiary/aromatic N) is 1. The van der Waals surface area contributed by atoms with E-state index in [2.05, 4.69) is 21.2 Å². The van der Waals surface area contributed by atoms with Crippen molar-refractivity contribution in [3.05, 3.63) is 77.5 Å². The van der Waals surface area contributed by atoms with E-state index < -0.39 is 17.9 Å². The van der Waals surface area contributed by atoms with Crippen LogP contribution in [0.4, 0.5) is 0 Å². The molecule has 0 saturated carbocycles. The molecule has 0 spiro atoms. The summed E-state index contributed by atoms with van der Waals surface area (Å²) in [4.78, 5) is 40.4. The number of rotatable bonds is 5. The number of nitrogens with one attached hydrogen (secondary N) is 3. The molecule has 3 amide bonds. The zero-order chi connectivity index (χ0) is 20.8. The van der Waals surface area contributed by atoms with Gasteiger partial charge in [-0.05, 0) is 24.6 Å².